The van der Waals surface area contributed by atoms with Gasteiger partial charge in [0, 0.05) is 11.8 Å². The minimum absolute atomic E-state index is 0.0737. The maximum absolute atomic E-state index is 9.56. The van der Waals surface area contributed by atoms with Gasteiger partial charge in [-0.3, -0.25) is 0 Å². The van der Waals surface area contributed by atoms with Gasteiger partial charge in [-0.15, -0.1) is 0 Å². The average molecular weight is 216 g/mol. The quantitative estimate of drug-likeness (QED) is 0.758. The first kappa shape index (κ1) is 12.0. The van der Waals surface area contributed by atoms with Gasteiger partial charge in [-0.05, 0) is 13.0 Å². The van der Waals surface area contributed by atoms with E-state index in [2.05, 4.69) is 4.98 Å². The summed E-state index contributed by atoms with van der Waals surface area (Å²) in [5.41, 5.74) is 0.619. The summed E-state index contributed by atoms with van der Waals surface area (Å²) in [4.78, 5) is 5.63. The molecule has 1 heterocycles. The van der Waals surface area contributed by atoms with E-state index in [-0.39, 0.29) is 13.1 Å². The number of aromatic nitrogens is 1. The fourth-order valence-corrected chi connectivity index (χ4v) is 1.38. The average Bonchev–Trinajstić information content (AvgIpc) is 2.29. The fraction of sp³-hybridized carbons (Fsp3) is 0.364. The first-order valence-corrected chi connectivity index (χ1v) is 4.82. The minimum Gasteiger partial charge on any atom is -0.389 e. The zero-order valence-corrected chi connectivity index (χ0v) is 8.96. The number of rotatable bonds is 4. The van der Waals surface area contributed by atoms with E-state index in [0.717, 1.165) is 0 Å². The van der Waals surface area contributed by atoms with Gasteiger partial charge >= 0.3 is 0 Å². The standard InChI is InChI=1S/C11H12N4O/c1-9(16)10-3-2-6-14-11(10)15(7-4-12)8-5-13/h2-3,6,9,16H,7-8H2,1H3. The third-order valence-corrected chi connectivity index (χ3v) is 2.09. The molecule has 0 saturated heterocycles. The molecule has 5 nitrogen and oxygen atoms in total. The SMILES string of the molecule is CC(O)c1cccnc1N(CC#N)CC#N. The molecule has 0 aliphatic carbocycles. The molecule has 1 aromatic rings. The van der Waals surface area contributed by atoms with Crippen LogP contribution in [-0.2, 0) is 0 Å². The van der Waals surface area contributed by atoms with Crippen molar-refractivity contribution >= 4 is 5.82 Å². The summed E-state index contributed by atoms with van der Waals surface area (Å²) in [7, 11) is 0. The third kappa shape index (κ3) is 2.69. The van der Waals surface area contributed by atoms with Crippen LogP contribution in [0.3, 0.4) is 0 Å². The summed E-state index contributed by atoms with van der Waals surface area (Å²) in [6, 6.07) is 7.38. The van der Waals surface area contributed by atoms with Crippen molar-refractivity contribution in [2.45, 2.75) is 13.0 Å². The van der Waals surface area contributed by atoms with Gasteiger partial charge in [0.2, 0.25) is 0 Å². The Kier molecular flexibility index (Phi) is 4.26. The van der Waals surface area contributed by atoms with Crippen molar-refractivity contribution in [1.82, 2.24) is 4.98 Å². The van der Waals surface area contributed by atoms with Crippen LogP contribution in [0, 0.1) is 22.7 Å². The van der Waals surface area contributed by atoms with Crippen molar-refractivity contribution in [2.24, 2.45) is 0 Å². The summed E-state index contributed by atoms with van der Waals surface area (Å²) in [5.74, 6) is 0.487. The van der Waals surface area contributed by atoms with Crippen LogP contribution >= 0.6 is 0 Å². The molecule has 0 radical (unpaired) electrons. The second kappa shape index (κ2) is 5.69. The van der Waals surface area contributed by atoms with Crippen molar-refractivity contribution in [1.29, 1.82) is 10.5 Å². The smallest absolute Gasteiger partial charge is 0.136 e. The summed E-state index contributed by atoms with van der Waals surface area (Å²) >= 11 is 0. The largest absolute Gasteiger partial charge is 0.389 e. The van der Waals surface area contributed by atoms with Gasteiger partial charge in [0.1, 0.15) is 18.9 Å². The minimum atomic E-state index is -0.677. The highest BCUT2D eigenvalue weighted by Crippen LogP contribution is 2.22. The first-order chi connectivity index (χ1) is 7.70. The van der Waals surface area contributed by atoms with Crippen LogP contribution in [0.2, 0.25) is 0 Å². The van der Waals surface area contributed by atoms with Crippen LogP contribution < -0.4 is 4.90 Å². The Hall–Kier alpha value is -2.11. The lowest BCUT2D eigenvalue weighted by Gasteiger charge is -2.21. The van der Waals surface area contributed by atoms with Gasteiger partial charge in [-0.1, -0.05) is 6.07 Å². The highest BCUT2D eigenvalue weighted by molar-refractivity contribution is 5.49. The number of aliphatic hydroxyl groups excluding tert-OH is 1. The molecule has 16 heavy (non-hydrogen) atoms. The Balaban J connectivity index is 3.09. The molecule has 5 heteroatoms. The topological polar surface area (TPSA) is 83.9 Å². The maximum atomic E-state index is 9.56. The molecule has 0 aromatic carbocycles. The monoisotopic (exact) mass is 216 g/mol. The maximum Gasteiger partial charge on any atom is 0.136 e. The molecule has 0 bridgehead atoms. The summed E-state index contributed by atoms with van der Waals surface area (Å²) in [6.07, 6.45) is 0.895. The van der Waals surface area contributed by atoms with Crippen molar-refractivity contribution < 1.29 is 5.11 Å². The molecule has 1 rings (SSSR count). The number of nitrogens with zero attached hydrogens (tertiary/aromatic N) is 4. The molecule has 0 aliphatic rings. The van der Waals surface area contributed by atoms with E-state index in [1.54, 1.807) is 25.3 Å². The molecule has 1 N–H and O–H groups in total. The van der Waals surface area contributed by atoms with Gasteiger partial charge in [0.25, 0.3) is 0 Å². The third-order valence-electron chi connectivity index (χ3n) is 2.09. The number of hydrogen-bond donors (Lipinski definition) is 1. The lowest BCUT2D eigenvalue weighted by Crippen LogP contribution is -2.26. The summed E-state index contributed by atoms with van der Waals surface area (Å²) < 4.78 is 0. The van der Waals surface area contributed by atoms with Crippen LogP contribution in [0.15, 0.2) is 18.3 Å². The van der Waals surface area contributed by atoms with Gasteiger partial charge in [0.15, 0.2) is 0 Å². The lowest BCUT2D eigenvalue weighted by molar-refractivity contribution is 0.199. The number of anilines is 1. The van der Waals surface area contributed by atoms with Crippen molar-refractivity contribution in [3.63, 3.8) is 0 Å². The van der Waals surface area contributed by atoms with Gasteiger partial charge in [-0.2, -0.15) is 10.5 Å². The van der Waals surface area contributed by atoms with Crippen LogP contribution in [0.25, 0.3) is 0 Å². The molecular formula is C11H12N4O. The van der Waals surface area contributed by atoms with Crippen LogP contribution in [0.5, 0.6) is 0 Å². The highest BCUT2D eigenvalue weighted by atomic mass is 16.3. The molecular weight excluding hydrogens is 204 g/mol. The van der Waals surface area contributed by atoms with Gasteiger partial charge in [0.05, 0.1) is 18.2 Å². The molecule has 0 spiro atoms. The van der Waals surface area contributed by atoms with Crippen LogP contribution in [-0.4, -0.2) is 23.2 Å². The predicted octanol–water partition coefficient (Wildman–Crippen LogP) is 0.988. The predicted molar refractivity (Wildman–Crippen MR) is 58.3 cm³/mol. The van der Waals surface area contributed by atoms with E-state index in [1.165, 1.54) is 4.90 Å². The van der Waals surface area contributed by atoms with E-state index in [4.69, 9.17) is 10.5 Å². The van der Waals surface area contributed by atoms with Crippen molar-refractivity contribution in [2.75, 3.05) is 18.0 Å². The Labute approximate surface area is 94.2 Å². The highest BCUT2D eigenvalue weighted by Gasteiger charge is 2.14. The second-order valence-corrected chi connectivity index (χ2v) is 3.26. The number of hydrogen-bond acceptors (Lipinski definition) is 5. The Morgan fingerprint density at radius 3 is 2.56 bits per heavy atom. The second-order valence-electron chi connectivity index (χ2n) is 3.26. The van der Waals surface area contributed by atoms with E-state index in [1.807, 2.05) is 12.1 Å². The molecule has 82 valence electrons. The molecule has 0 saturated carbocycles. The molecule has 0 amide bonds. The number of nitriles is 2. The van der Waals surface area contributed by atoms with Crippen molar-refractivity contribution in [3.05, 3.63) is 23.9 Å². The van der Waals surface area contributed by atoms with Crippen molar-refractivity contribution in [3.8, 4) is 12.1 Å². The summed E-state index contributed by atoms with van der Waals surface area (Å²) in [5, 5.41) is 26.9. The Morgan fingerprint density at radius 2 is 2.06 bits per heavy atom. The zero-order chi connectivity index (χ0) is 12.0. The van der Waals surface area contributed by atoms with Crippen LogP contribution in [0.4, 0.5) is 5.82 Å². The number of pyridine rings is 1. The fourth-order valence-electron chi connectivity index (χ4n) is 1.38. The van der Waals surface area contributed by atoms with Crippen LogP contribution in [0.1, 0.15) is 18.6 Å². The molecule has 1 unspecified atom stereocenters. The van der Waals surface area contributed by atoms with E-state index in [0.29, 0.717) is 11.4 Å². The van der Waals surface area contributed by atoms with E-state index < -0.39 is 6.10 Å². The lowest BCUT2D eigenvalue weighted by atomic mass is 10.1. The summed E-state index contributed by atoms with van der Waals surface area (Å²) in [6.45, 7) is 1.77. The first-order valence-electron chi connectivity index (χ1n) is 4.82. The van der Waals surface area contributed by atoms with E-state index >= 15 is 0 Å². The molecule has 0 aliphatic heterocycles. The number of aliphatic hydroxyl groups is 1. The Morgan fingerprint density at radius 1 is 1.44 bits per heavy atom. The normalized spacial score (nSPS) is 11.2. The van der Waals surface area contributed by atoms with E-state index in [9.17, 15) is 5.11 Å². The zero-order valence-electron chi connectivity index (χ0n) is 8.96. The molecule has 1 aromatic heterocycles. The van der Waals surface area contributed by atoms with Gasteiger partial charge in [-0.25, -0.2) is 4.98 Å². The molecule has 1 atom stereocenters. The Bertz CT molecular complexity index is 414. The van der Waals surface area contributed by atoms with Gasteiger partial charge < -0.3 is 10.0 Å². The molecule has 0 fully saturated rings.